The quantitative estimate of drug-likeness (QED) is 0.249. The zero-order valence-corrected chi connectivity index (χ0v) is 18.4. The van der Waals surface area contributed by atoms with Gasteiger partial charge in [0.05, 0.1) is 23.0 Å². The number of amidine groups is 2. The molecule has 0 aliphatic heterocycles. The standard InChI is InChI=1S/C22H22FN9O2/c1-11-10-31-14(9-28-11)15(16(23)17(31)22(26)34)20(24)29-21(25)18-19(33)12(2)30-32(18)7-5-13-4-3-6-27-8-13/h3-4,6,8-10,33H,5,7H2,1-2H3,(H2,26,34)(H3,24,25,29). The molecule has 0 unspecified atom stereocenters. The Kier molecular flexibility index (Phi) is 5.80. The van der Waals surface area contributed by atoms with Crippen molar-refractivity contribution in [3.05, 3.63) is 76.6 Å². The topological polar surface area (TPSA) is 174 Å². The first-order valence-corrected chi connectivity index (χ1v) is 10.2. The highest BCUT2D eigenvalue weighted by Crippen LogP contribution is 2.25. The molecule has 4 aromatic heterocycles. The fourth-order valence-electron chi connectivity index (χ4n) is 3.67. The Bertz CT molecular complexity index is 1450. The second-order valence-electron chi connectivity index (χ2n) is 7.65. The number of pyridine rings is 1. The number of aryl methyl sites for hydroxylation is 4. The fourth-order valence-corrected chi connectivity index (χ4v) is 3.67. The molecule has 0 saturated carbocycles. The van der Waals surface area contributed by atoms with Crippen LogP contribution in [0.15, 0.2) is 41.9 Å². The average Bonchev–Trinajstić information content (AvgIpc) is 3.24. The minimum atomic E-state index is -0.992. The molecule has 1 amide bonds. The Morgan fingerprint density at radius 2 is 2.03 bits per heavy atom. The van der Waals surface area contributed by atoms with Crippen molar-refractivity contribution in [2.75, 3.05) is 0 Å². The van der Waals surface area contributed by atoms with Crippen LogP contribution < -0.4 is 11.5 Å². The summed E-state index contributed by atoms with van der Waals surface area (Å²) in [5.41, 5.74) is 12.8. The van der Waals surface area contributed by atoms with Gasteiger partial charge in [0.15, 0.2) is 17.4 Å². The zero-order chi connectivity index (χ0) is 24.6. The molecule has 0 bridgehead atoms. The Hall–Kier alpha value is -4.61. The van der Waals surface area contributed by atoms with Crippen molar-refractivity contribution < 1.29 is 14.3 Å². The van der Waals surface area contributed by atoms with Crippen molar-refractivity contribution >= 4 is 23.1 Å². The Balaban J connectivity index is 1.74. The number of rotatable bonds is 6. The van der Waals surface area contributed by atoms with Gasteiger partial charge in [0.25, 0.3) is 5.91 Å². The van der Waals surface area contributed by atoms with Gasteiger partial charge in [0.2, 0.25) is 0 Å². The lowest BCUT2D eigenvalue weighted by Crippen LogP contribution is -2.20. The van der Waals surface area contributed by atoms with E-state index in [4.69, 9.17) is 16.9 Å². The Morgan fingerprint density at radius 1 is 1.26 bits per heavy atom. The lowest BCUT2D eigenvalue weighted by Gasteiger charge is -2.07. The van der Waals surface area contributed by atoms with Crippen LogP contribution in [-0.2, 0) is 13.0 Å². The summed E-state index contributed by atoms with van der Waals surface area (Å²) in [6.07, 6.45) is 6.70. The Morgan fingerprint density at radius 3 is 2.71 bits per heavy atom. The number of carbonyl (C=O) groups is 1. The fraction of sp³-hybridized carbons (Fsp3) is 0.182. The normalized spacial score (nSPS) is 11.8. The average molecular weight is 463 g/mol. The highest BCUT2D eigenvalue weighted by Gasteiger charge is 2.26. The van der Waals surface area contributed by atoms with E-state index in [1.165, 1.54) is 21.5 Å². The molecule has 0 aliphatic rings. The maximum Gasteiger partial charge on any atom is 0.268 e. The molecule has 4 rings (SSSR count). The minimum Gasteiger partial charge on any atom is -0.504 e. The third-order valence-corrected chi connectivity index (χ3v) is 5.27. The summed E-state index contributed by atoms with van der Waals surface area (Å²) in [7, 11) is 0. The van der Waals surface area contributed by atoms with Gasteiger partial charge in [-0.2, -0.15) is 5.10 Å². The lowest BCUT2D eigenvalue weighted by atomic mass is 10.2. The van der Waals surface area contributed by atoms with E-state index in [1.807, 2.05) is 12.1 Å². The predicted octanol–water partition coefficient (Wildman–Crippen LogP) is 1.46. The molecule has 34 heavy (non-hydrogen) atoms. The van der Waals surface area contributed by atoms with Gasteiger partial charge < -0.3 is 21.0 Å². The first-order valence-electron chi connectivity index (χ1n) is 10.2. The van der Waals surface area contributed by atoms with Crippen LogP contribution >= 0.6 is 0 Å². The summed E-state index contributed by atoms with van der Waals surface area (Å²) in [6, 6.07) is 3.71. The molecule has 0 fully saturated rings. The number of aromatic nitrogens is 5. The highest BCUT2D eigenvalue weighted by molar-refractivity contribution is 6.14. The van der Waals surface area contributed by atoms with Gasteiger partial charge in [-0.15, -0.1) is 0 Å². The summed E-state index contributed by atoms with van der Waals surface area (Å²) in [5.74, 6) is -3.00. The molecule has 4 heterocycles. The number of nitrogens with two attached hydrogens (primary N) is 2. The monoisotopic (exact) mass is 463 g/mol. The zero-order valence-electron chi connectivity index (χ0n) is 18.4. The molecular formula is C22H22FN9O2. The number of fused-ring (bicyclic) bond motifs is 1. The van der Waals surface area contributed by atoms with Crippen LogP contribution in [0.2, 0.25) is 0 Å². The molecular weight excluding hydrogens is 441 g/mol. The number of halogens is 1. The first kappa shape index (κ1) is 22.6. The third-order valence-electron chi connectivity index (χ3n) is 5.27. The number of amides is 1. The van der Waals surface area contributed by atoms with E-state index in [-0.39, 0.29) is 28.4 Å². The lowest BCUT2D eigenvalue weighted by molar-refractivity contribution is 0.0991. The van der Waals surface area contributed by atoms with Gasteiger partial charge in [0.1, 0.15) is 22.9 Å². The number of nitrogens with one attached hydrogen (secondary N) is 1. The molecule has 0 saturated heterocycles. The van der Waals surface area contributed by atoms with Gasteiger partial charge >= 0.3 is 0 Å². The molecule has 6 N–H and O–H groups in total. The summed E-state index contributed by atoms with van der Waals surface area (Å²) in [4.78, 5) is 24.1. The van der Waals surface area contributed by atoms with Crippen LogP contribution in [0.25, 0.3) is 5.52 Å². The number of hydrogen-bond acceptors (Lipinski definition) is 6. The van der Waals surface area contributed by atoms with Crippen LogP contribution in [0.5, 0.6) is 5.75 Å². The first-order chi connectivity index (χ1) is 16.2. The van der Waals surface area contributed by atoms with Crippen LogP contribution in [0.1, 0.15) is 38.7 Å². The SMILES string of the molecule is Cc1cn2c(C(N)=O)c(F)c(/C(N)=N/C(=N)c3c(O)c(C)nn3CCc3cccnc3)c2cn1. The highest BCUT2D eigenvalue weighted by atomic mass is 19.1. The molecule has 0 atom stereocenters. The summed E-state index contributed by atoms with van der Waals surface area (Å²) in [5, 5.41) is 23.2. The van der Waals surface area contributed by atoms with Crippen molar-refractivity contribution in [3.63, 3.8) is 0 Å². The van der Waals surface area contributed by atoms with Crippen molar-refractivity contribution in [2.45, 2.75) is 26.8 Å². The molecule has 12 heteroatoms. The van der Waals surface area contributed by atoms with Gasteiger partial charge in [-0.1, -0.05) is 6.07 Å². The number of aliphatic imine (C=N–C) groups is 1. The minimum absolute atomic E-state index is 0.0253. The molecule has 0 radical (unpaired) electrons. The van der Waals surface area contributed by atoms with Gasteiger partial charge in [-0.05, 0) is 31.9 Å². The largest absolute Gasteiger partial charge is 0.504 e. The number of aromatic hydroxyl groups is 1. The summed E-state index contributed by atoms with van der Waals surface area (Å²) < 4.78 is 17.9. The van der Waals surface area contributed by atoms with E-state index in [1.54, 1.807) is 26.2 Å². The summed E-state index contributed by atoms with van der Waals surface area (Å²) in [6.45, 7) is 3.60. The van der Waals surface area contributed by atoms with Crippen LogP contribution in [0.3, 0.4) is 0 Å². The predicted molar refractivity (Wildman–Crippen MR) is 123 cm³/mol. The molecule has 11 nitrogen and oxygen atoms in total. The smallest absolute Gasteiger partial charge is 0.268 e. The van der Waals surface area contributed by atoms with Gasteiger partial charge in [0, 0.05) is 25.1 Å². The van der Waals surface area contributed by atoms with Crippen molar-refractivity contribution in [1.29, 1.82) is 5.41 Å². The maximum absolute atomic E-state index is 15.2. The van der Waals surface area contributed by atoms with E-state index >= 15 is 4.39 Å². The van der Waals surface area contributed by atoms with E-state index in [2.05, 4.69) is 20.1 Å². The second-order valence-corrected chi connectivity index (χ2v) is 7.65. The van der Waals surface area contributed by atoms with E-state index in [0.717, 1.165) is 5.56 Å². The number of hydrogen-bond donors (Lipinski definition) is 4. The number of primary amides is 1. The van der Waals surface area contributed by atoms with E-state index in [0.29, 0.717) is 24.4 Å². The second kappa shape index (κ2) is 8.73. The third kappa shape index (κ3) is 3.96. The van der Waals surface area contributed by atoms with E-state index < -0.39 is 23.3 Å². The summed E-state index contributed by atoms with van der Waals surface area (Å²) >= 11 is 0. The number of nitrogens with zero attached hydrogens (tertiary/aromatic N) is 6. The number of carbonyl (C=O) groups excluding carboxylic acids is 1. The van der Waals surface area contributed by atoms with Crippen molar-refractivity contribution in [2.24, 2.45) is 16.5 Å². The van der Waals surface area contributed by atoms with Crippen LogP contribution in [0.4, 0.5) is 4.39 Å². The molecule has 174 valence electrons. The van der Waals surface area contributed by atoms with E-state index in [9.17, 15) is 9.90 Å². The van der Waals surface area contributed by atoms with Crippen LogP contribution in [-0.4, -0.2) is 46.8 Å². The molecule has 0 aromatic carbocycles. The molecule has 4 aromatic rings. The van der Waals surface area contributed by atoms with Gasteiger partial charge in [-0.3, -0.25) is 24.9 Å². The Labute approximate surface area is 193 Å². The molecule has 0 spiro atoms. The van der Waals surface area contributed by atoms with Crippen molar-refractivity contribution in [3.8, 4) is 5.75 Å². The van der Waals surface area contributed by atoms with Crippen LogP contribution in [0, 0.1) is 25.1 Å². The molecule has 0 aliphatic carbocycles. The van der Waals surface area contributed by atoms with Gasteiger partial charge in [-0.25, -0.2) is 9.38 Å². The maximum atomic E-state index is 15.2. The van der Waals surface area contributed by atoms with Crippen molar-refractivity contribution in [1.82, 2.24) is 24.1 Å².